The molecule has 0 unspecified atom stereocenters. The van der Waals surface area contributed by atoms with Gasteiger partial charge in [-0.15, -0.1) is 0 Å². The van der Waals surface area contributed by atoms with E-state index >= 15 is 0 Å². The zero-order chi connectivity index (χ0) is 21.3. The molecular weight excluding hydrogens is 392 g/mol. The van der Waals surface area contributed by atoms with Crippen LogP contribution in [-0.2, 0) is 13.1 Å². The number of anilines is 1. The van der Waals surface area contributed by atoms with Gasteiger partial charge in [-0.25, -0.2) is 4.98 Å². The molecular formula is C24H30N4OS. The summed E-state index contributed by atoms with van der Waals surface area (Å²) in [7, 11) is 1.70. The van der Waals surface area contributed by atoms with Gasteiger partial charge in [0.2, 0.25) is 0 Å². The molecule has 1 heterocycles. The second-order valence-corrected chi connectivity index (χ2v) is 7.98. The topological polar surface area (TPSA) is 42.3 Å². The predicted octanol–water partition coefficient (Wildman–Crippen LogP) is 5.30. The van der Waals surface area contributed by atoms with E-state index in [0.29, 0.717) is 17.6 Å². The fourth-order valence-corrected chi connectivity index (χ4v) is 3.58. The first kappa shape index (κ1) is 21.8. The first-order chi connectivity index (χ1) is 14.6. The Morgan fingerprint density at radius 3 is 2.60 bits per heavy atom. The summed E-state index contributed by atoms with van der Waals surface area (Å²) in [6.45, 7) is 6.80. The fraction of sp³-hybridized carbons (Fsp3) is 0.333. The van der Waals surface area contributed by atoms with Crippen molar-refractivity contribution in [2.24, 2.45) is 0 Å². The maximum absolute atomic E-state index is 5.79. The SMILES string of the molecule is COc1ccccc1CN(CCCn1ccnc1)C(=S)Nc1ccc(C(C)C)cc1. The Bertz CT molecular complexity index is 923. The lowest BCUT2D eigenvalue weighted by molar-refractivity contribution is 0.372. The van der Waals surface area contributed by atoms with Gasteiger partial charge in [0, 0.05) is 43.3 Å². The third kappa shape index (κ3) is 6.07. The van der Waals surface area contributed by atoms with Crippen LogP contribution in [0.25, 0.3) is 0 Å². The van der Waals surface area contributed by atoms with Crippen molar-refractivity contribution < 1.29 is 4.74 Å². The molecule has 0 amide bonds. The normalized spacial score (nSPS) is 10.8. The van der Waals surface area contributed by atoms with E-state index in [9.17, 15) is 0 Å². The molecule has 0 radical (unpaired) electrons. The third-order valence-electron chi connectivity index (χ3n) is 5.07. The lowest BCUT2D eigenvalue weighted by atomic mass is 10.0. The van der Waals surface area contributed by atoms with Gasteiger partial charge < -0.3 is 19.5 Å². The minimum absolute atomic E-state index is 0.510. The number of thiocarbonyl (C=S) groups is 1. The molecule has 1 N–H and O–H groups in total. The number of benzene rings is 2. The Balaban J connectivity index is 1.70. The van der Waals surface area contributed by atoms with Crippen LogP contribution in [0.2, 0.25) is 0 Å². The zero-order valence-corrected chi connectivity index (χ0v) is 18.7. The first-order valence-corrected chi connectivity index (χ1v) is 10.7. The highest BCUT2D eigenvalue weighted by Crippen LogP contribution is 2.21. The summed E-state index contributed by atoms with van der Waals surface area (Å²) >= 11 is 5.79. The van der Waals surface area contributed by atoms with Crippen molar-refractivity contribution in [3.8, 4) is 5.75 Å². The van der Waals surface area contributed by atoms with Crippen molar-refractivity contribution in [2.45, 2.75) is 39.3 Å². The number of rotatable bonds is 9. The predicted molar refractivity (Wildman–Crippen MR) is 127 cm³/mol. The van der Waals surface area contributed by atoms with E-state index in [1.54, 1.807) is 13.3 Å². The molecule has 0 spiro atoms. The zero-order valence-electron chi connectivity index (χ0n) is 17.9. The number of para-hydroxylation sites is 1. The number of aryl methyl sites for hydroxylation is 1. The summed E-state index contributed by atoms with van der Waals surface area (Å²) in [5, 5.41) is 4.12. The van der Waals surface area contributed by atoms with Crippen molar-refractivity contribution in [3.05, 3.63) is 78.4 Å². The second kappa shape index (κ2) is 10.8. The number of hydrogen-bond donors (Lipinski definition) is 1. The number of nitrogens with zero attached hydrogens (tertiary/aromatic N) is 3. The molecule has 5 nitrogen and oxygen atoms in total. The summed E-state index contributed by atoms with van der Waals surface area (Å²) in [6.07, 6.45) is 6.59. The van der Waals surface area contributed by atoms with Gasteiger partial charge in [0.15, 0.2) is 5.11 Å². The number of nitrogens with one attached hydrogen (secondary N) is 1. The van der Waals surface area contributed by atoms with Gasteiger partial charge in [-0.2, -0.15) is 0 Å². The van der Waals surface area contributed by atoms with Crippen LogP contribution in [0.1, 0.15) is 37.3 Å². The molecule has 3 aromatic rings. The van der Waals surface area contributed by atoms with Crippen molar-refractivity contribution in [2.75, 3.05) is 19.0 Å². The van der Waals surface area contributed by atoms with Crippen molar-refractivity contribution in [1.29, 1.82) is 0 Å². The van der Waals surface area contributed by atoms with E-state index < -0.39 is 0 Å². The second-order valence-electron chi connectivity index (χ2n) is 7.59. The van der Waals surface area contributed by atoms with E-state index in [0.717, 1.165) is 36.5 Å². The van der Waals surface area contributed by atoms with E-state index in [1.807, 2.05) is 30.7 Å². The monoisotopic (exact) mass is 422 g/mol. The number of ether oxygens (including phenoxy) is 1. The Hall–Kier alpha value is -2.86. The van der Waals surface area contributed by atoms with Crippen molar-refractivity contribution >= 4 is 23.0 Å². The standard InChI is InChI=1S/C24H30N4OS/c1-19(2)20-9-11-22(12-10-20)26-24(30)28(15-6-14-27-16-13-25-18-27)17-21-7-4-5-8-23(21)29-3/h4-5,7-13,16,18-19H,6,14-15,17H2,1-3H3,(H,26,30). The number of hydrogen-bond acceptors (Lipinski definition) is 3. The Kier molecular flexibility index (Phi) is 7.85. The Morgan fingerprint density at radius 2 is 1.93 bits per heavy atom. The van der Waals surface area contributed by atoms with Gasteiger partial charge in [-0.1, -0.05) is 44.2 Å². The van der Waals surface area contributed by atoms with Crippen LogP contribution in [-0.4, -0.2) is 33.2 Å². The molecule has 0 bridgehead atoms. The quantitative estimate of drug-likeness (QED) is 0.474. The van der Waals surface area contributed by atoms with Gasteiger partial charge in [0.05, 0.1) is 13.4 Å². The smallest absolute Gasteiger partial charge is 0.173 e. The van der Waals surface area contributed by atoms with Crippen LogP contribution in [0.15, 0.2) is 67.3 Å². The van der Waals surface area contributed by atoms with Crippen LogP contribution in [0.5, 0.6) is 5.75 Å². The van der Waals surface area contributed by atoms with E-state index in [2.05, 4.69) is 63.9 Å². The van der Waals surface area contributed by atoms with Gasteiger partial charge in [-0.3, -0.25) is 0 Å². The summed E-state index contributed by atoms with van der Waals surface area (Å²) in [5.74, 6) is 1.39. The molecule has 30 heavy (non-hydrogen) atoms. The maximum Gasteiger partial charge on any atom is 0.173 e. The molecule has 0 saturated carbocycles. The average molecular weight is 423 g/mol. The lowest BCUT2D eigenvalue weighted by Crippen LogP contribution is -2.35. The number of aromatic nitrogens is 2. The first-order valence-electron chi connectivity index (χ1n) is 10.3. The average Bonchev–Trinajstić information content (AvgIpc) is 3.27. The molecule has 0 aliphatic carbocycles. The Morgan fingerprint density at radius 1 is 1.17 bits per heavy atom. The molecule has 0 saturated heterocycles. The van der Waals surface area contributed by atoms with Gasteiger partial charge in [0.25, 0.3) is 0 Å². The van der Waals surface area contributed by atoms with Crippen LogP contribution >= 0.6 is 12.2 Å². The van der Waals surface area contributed by atoms with Crippen LogP contribution < -0.4 is 10.1 Å². The molecule has 158 valence electrons. The van der Waals surface area contributed by atoms with Crippen molar-refractivity contribution in [3.63, 3.8) is 0 Å². The summed E-state index contributed by atoms with van der Waals surface area (Å²) in [6, 6.07) is 16.6. The van der Waals surface area contributed by atoms with Gasteiger partial charge in [-0.05, 0) is 48.3 Å². The van der Waals surface area contributed by atoms with Crippen LogP contribution in [0.3, 0.4) is 0 Å². The van der Waals surface area contributed by atoms with Gasteiger partial charge >= 0.3 is 0 Å². The molecule has 6 heteroatoms. The third-order valence-corrected chi connectivity index (χ3v) is 5.43. The molecule has 0 fully saturated rings. The fourth-order valence-electron chi connectivity index (χ4n) is 3.31. The summed E-state index contributed by atoms with van der Waals surface area (Å²) < 4.78 is 7.63. The lowest BCUT2D eigenvalue weighted by Gasteiger charge is -2.27. The molecule has 1 aromatic heterocycles. The molecule has 2 aromatic carbocycles. The maximum atomic E-state index is 5.79. The molecule has 3 rings (SSSR count). The van der Waals surface area contributed by atoms with Crippen LogP contribution in [0.4, 0.5) is 5.69 Å². The minimum atomic E-state index is 0.510. The molecule has 0 aliphatic rings. The summed E-state index contributed by atoms with van der Waals surface area (Å²) in [4.78, 5) is 6.31. The summed E-state index contributed by atoms with van der Waals surface area (Å²) in [5.41, 5.74) is 3.43. The van der Waals surface area contributed by atoms with Crippen molar-refractivity contribution in [1.82, 2.24) is 14.5 Å². The van der Waals surface area contributed by atoms with Gasteiger partial charge in [0.1, 0.15) is 5.75 Å². The number of methoxy groups -OCH3 is 1. The van der Waals surface area contributed by atoms with E-state index in [-0.39, 0.29) is 0 Å². The van der Waals surface area contributed by atoms with E-state index in [4.69, 9.17) is 17.0 Å². The highest BCUT2D eigenvalue weighted by molar-refractivity contribution is 7.80. The van der Waals surface area contributed by atoms with E-state index in [1.165, 1.54) is 5.56 Å². The number of imidazole rings is 1. The highest BCUT2D eigenvalue weighted by Gasteiger charge is 2.13. The Labute approximate surface area is 184 Å². The molecule has 0 atom stereocenters. The minimum Gasteiger partial charge on any atom is -0.496 e. The largest absolute Gasteiger partial charge is 0.496 e. The highest BCUT2D eigenvalue weighted by atomic mass is 32.1. The molecule has 0 aliphatic heterocycles. The van der Waals surface area contributed by atoms with Crippen LogP contribution in [0, 0.1) is 0 Å².